The van der Waals surface area contributed by atoms with Gasteiger partial charge in [0.05, 0.1) is 18.6 Å². The number of ether oxygens (including phenoxy) is 2. The van der Waals surface area contributed by atoms with Crippen LogP contribution in [-0.4, -0.2) is 48.6 Å². The van der Waals surface area contributed by atoms with Crippen molar-refractivity contribution in [3.63, 3.8) is 0 Å². The molecule has 192 valence electrons. The van der Waals surface area contributed by atoms with Gasteiger partial charge in [-0.05, 0) is 39.0 Å². The number of carbonyl (C=O) groups is 2. The molecule has 0 atom stereocenters. The first-order valence-corrected chi connectivity index (χ1v) is 12.8. The maximum Gasteiger partial charge on any atom is 0.333 e. The maximum absolute atomic E-state index is 12.0. The number of aliphatic hydroxyl groups excluding tert-OH is 2. The molecule has 0 radical (unpaired) electrons. The van der Waals surface area contributed by atoms with Crippen LogP contribution in [0.3, 0.4) is 0 Å². The number of rotatable bonds is 22. The smallest absolute Gasteiger partial charge is 0.333 e. The predicted molar refractivity (Wildman–Crippen MR) is 133 cm³/mol. The normalized spacial score (nSPS) is 11.6. The van der Waals surface area contributed by atoms with Crippen molar-refractivity contribution in [2.45, 2.75) is 104 Å². The molecule has 0 aromatic carbocycles. The number of hydrogen-bond donors (Lipinski definition) is 2. The Hall–Kier alpha value is -1.66. The van der Waals surface area contributed by atoms with Crippen LogP contribution in [0.2, 0.25) is 0 Å². The molecule has 0 bridgehead atoms. The van der Waals surface area contributed by atoms with Gasteiger partial charge in [0.25, 0.3) is 0 Å². The monoisotopic (exact) mass is 468 g/mol. The van der Waals surface area contributed by atoms with E-state index in [1.807, 2.05) is 0 Å². The van der Waals surface area contributed by atoms with Crippen molar-refractivity contribution in [2.75, 3.05) is 26.4 Å². The molecule has 0 saturated heterocycles. The summed E-state index contributed by atoms with van der Waals surface area (Å²) in [6.07, 6.45) is 20.4. The van der Waals surface area contributed by atoms with Gasteiger partial charge in [-0.15, -0.1) is 0 Å². The maximum atomic E-state index is 12.0. The minimum atomic E-state index is -1.21. The lowest BCUT2D eigenvalue weighted by Crippen LogP contribution is -2.41. The van der Waals surface area contributed by atoms with E-state index in [0.29, 0.717) is 6.42 Å². The van der Waals surface area contributed by atoms with E-state index in [2.05, 4.69) is 25.7 Å². The molecule has 0 aromatic heterocycles. The topological polar surface area (TPSA) is 93.1 Å². The highest BCUT2D eigenvalue weighted by Crippen LogP contribution is 2.19. The largest absolute Gasteiger partial charge is 0.465 e. The molecule has 33 heavy (non-hydrogen) atoms. The fourth-order valence-electron chi connectivity index (χ4n) is 3.26. The third-order valence-electron chi connectivity index (χ3n) is 5.71. The van der Waals surface area contributed by atoms with Crippen LogP contribution in [-0.2, 0) is 19.1 Å². The summed E-state index contributed by atoms with van der Waals surface area (Å²) in [5.41, 5.74) is -0.982. The summed E-state index contributed by atoms with van der Waals surface area (Å²) in [6.45, 7) is 5.87. The van der Waals surface area contributed by atoms with E-state index in [0.717, 1.165) is 32.1 Å². The summed E-state index contributed by atoms with van der Waals surface area (Å²) in [5, 5.41) is 19.2. The Kier molecular flexibility index (Phi) is 19.9. The molecule has 6 heteroatoms. The molecule has 2 N–H and O–H groups in total. The van der Waals surface area contributed by atoms with Gasteiger partial charge in [-0.2, -0.15) is 0 Å². The van der Waals surface area contributed by atoms with Crippen LogP contribution in [0.1, 0.15) is 104 Å². The van der Waals surface area contributed by atoms with E-state index in [1.54, 1.807) is 0 Å². The van der Waals surface area contributed by atoms with Gasteiger partial charge >= 0.3 is 11.9 Å². The van der Waals surface area contributed by atoms with Gasteiger partial charge in [0.2, 0.25) is 0 Å². The van der Waals surface area contributed by atoms with Crippen molar-refractivity contribution in [1.29, 1.82) is 0 Å². The van der Waals surface area contributed by atoms with E-state index in [-0.39, 0.29) is 24.8 Å². The number of esters is 2. The van der Waals surface area contributed by atoms with Crippen molar-refractivity contribution < 1.29 is 29.3 Å². The Labute approximate surface area is 201 Å². The average Bonchev–Trinajstić information content (AvgIpc) is 2.81. The zero-order valence-corrected chi connectivity index (χ0v) is 21.1. The lowest BCUT2D eigenvalue weighted by molar-refractivity contribution is -0.157. The standard InChI is InChI=1S/C27H48O6/c1-4-5-6-7-8-9-10-11-12-13-14-15-16-17-18-19-25(30)32-22-27(20-28,21-29)23-33-26(31)24(2)3/h11-12,28-29H,2,4-10,13-23H2,1,3H3. The Balaban J connectivity index is 3.77. The van der Waals surface area contributed by atoms with Crippen molar-refractivity contribution in [2.24, 2.45) is 5.41 Å². The minimum absolute atomic E-state index is 0.201. The molecule has 0 rings (SSSR count). The average molecular weight is 469 g/mol. The molecule has 0 saturated carbocycles. The summed E-state index contributed by atoms with van der Waals surface area (Å²) in [4.78, 5) is 23.5. The van der Waals surface area contributed by atoms with Gasteiger partial charge < -0.3 is 19.7 Å². The SMILES string of the molecule is C=C(C)C(=O)OCC(CO)(CO)COC(=O)CCCCCCCC=CCCCCCCCC. The molecule has 0 spiro atoms. The Morgan fingerprint density at radius 2 is 1.27 bits per heavy atom. The number of allylic oxidation sites excluding steroid dienone is 2. The number of hydrogen-bond acceptors (Lipinski definition) is 6. The lowest BCUT2D eigenvalue weighted by Gasteiger charge is -2.28. The highest BCUT2D eigenvalue weighted by atomic mass is 16.5. The first-order chi connectivity index (χ1) is 15.9. The third kappa shape index (κ3) is 17.5. The molecule has 6 nitrogen and oxygen atoms in total. The fraction of sp³-hybridized carbons (Fsp3) is 0.778. The van der Waals surface area contributed by atoms with Crippen molar-refractivity contribution in [3.8, 4) is 0 Å². The van der Waals surface area contributed by atoms with Crippen molar-refractivity contribution in [3.05, 3.63) is 24.3 Å². The van der Waals surface area contributed by atoms with Crippen molar-refractivity contribution >= 4 is 11.9 Å². The van der Waals surface area contributed by atoms with Crippen LogP contribution in [0, 0.1) is 5.41 Å². The number of unbranched alkanes of at least 4 members (excludes halogenated alkanes) is 11. The van der Waals surface area contributed by atoms with Gasteiger partial charge in [-0.1, -0.05) is 77.0 Å². The second-order valence-electron chi connectivity index (χ2n) is 9.17. The van der Waals surface area contributed by atoms with Gasteiger partial charge in [0.15, 0.2) is 0 Å². The zero-order valence-electron chi connectivity index (χ0n) is 21.1. The van der Waals surface area contributed by atoms with Crippen LogP contribution in [0.4, 0.5) is 0 Å². The molecule has 0 aliphatic carbocycles. The van der Waals surface area contributed by atoms with E-state index < -0.39 is 24.6 Å². The van der Waals surface area contributed by atoms with Gasteiger partial charge in [0.1, 0.15) is 13.2 Å². The van der Waals surface area contributed by atoms with Gasteiger partial charge in [0, 0.05) is 12.0 Å². The Morgan fingerprint density at radius 1 is 0.788 bits per heavy atom. The fourth-order valence-corrected chi connectivity index (χ4v) is 3.26. The quantitative estimate of drug-likeness (QED) is 0.0922. The van der Waals surface area contributed by atoms with E-state index in [4.69, 9.17) is 9.47 Å². The van der Waals surface area contributed by atoms with Crippen LogP contribution in [0.15, 0.2) is 24.3 Å². The van der Waals surface area contributed by atoms with Crippen molar-refractivity contribution in [1.82, 2.24) is 0 Å². The predicted octanol–water partition coefficient (Wildman–Crippen LogP) is 5.66. The summed E-state index contributed by atoms with van der Waals surface area (Å²) in [5.74, 6) is -0.981. The molecule has 0 amide bonds. The number of aliphatic hydroxyl groups is 2. The molecule has 0 aromatic rings. The van der Waals surface area contributed by atoms with Gasteiger partial charge in [-0.3, -0.25) is 4.79 Å². The number of carbonyl (C=O) groups excluding carboxylic acids is 2. The Morgan fingerprint density at radius 3 is 1.79 bits per heavy atom. The second-order valence-corrected chi connectivity index (χ2v) is 9.17. The minimum Gasteiger partial charge on any atom is -0.465 e. The van der Waals surface area contributed by atoms with Crippen LogP contribution < -0.4 is 0 Å². The molecular formula is C27H48O6. The summed E-state index contributed by atoms with van der Waals surface area (Å²) < 4.78 is 10.2. The van der Waals surface area contributed by atoms with E-state index in [1.165, 1.54) is 58.3 Å². The molecular weight excluding hydrogens is 420 g/mol. The second kappa shape index (κ2) is 20.9. The molecule has 0 fully saturated rings. The molecule has 0 aliphatic rings. The molecule has 0 unspecified atom stereocenters. The summed E-state index contributed by atoms with van der Waals surface area (Å²) in [7, 11) is 0. The Bertz CT molecular complexity index is 551. The van der Waals surface area contributed by atoms with Gasteiger partial charge in [-0.25, -0.2) is 4.79 Å². The molecule has 0 heterocycles. The summed E-state index contributed by atoms with van der Waals surface area (Å²) >= 11 is 0. The third-order valence-corrected chi connectivity index (χ3v) is 5.71. The van der Waals surface area contributed by atoms with Crippen LogP contribution in [0.5, 0.6) is 0 Å². The van der Waals surface area contributed by atoms with Crippen LogP contribution in [0.25, 0.3) is 0 Å². The first kappa shape index (κ1) is 31.3. The van der Waals surface area contributed by atoms with E-state index >= 15 is 0 Å². The van der Waals surface area contributed by atoms with E-state index in [9.17, 15) is 19.8 Å². The first-order valence-electron chi connectivity index (χ1n) is 12.8. The summed E-state index contributed by atoms with van der Waals surface area (Å²) in [6, 6.07) is 0. The highest BCUT2D eigenvalue weighted by molar-refractivity contribution is 5.86. The lowest BCUT2D eigenvalue weighted by atomic mass is 9.92. The highest BCUT2D eigenvalue weighted by Gasteiger charge is 2.33. The van der Waals surface area contributed by atoms with Crippen LogP contribution >= 0.6 is 0 Å². The molecule has 0 aliphatic heterocycles. The zero-order chi connectivity index (χ0) is 24.8.